The third-order valence-electron chi connectivity index (χ3n) is 3.45. The molecule has 0 aromatic heterocycles. The lowest BCUT2D eigenvalue weighted by Gasteiger charge is -2.08. The van der Waals surface area contributed by atoms with Crippen LogP contribution < -0.4 is 10.6 Å². The first kappa shape index (κ1) is 14.3. The standard InChI is InChI=1S/C14H19N3O3/c1-3-6-15-11-5-4-10(8-13(11)17(19)20)14(18)16-12-7-9(12)2/h4-5,8-9,12,15H,3,6-7H2,1-2H3,(H,16,18). The van der Waals surface area contributed by atoms with Crippen LogP contribution in [0, 0.1) is 16.0 Å². The fourth-order valence-electron chi connectivity index (χ4n) is 2.01. The molecule has 1 aliphatic carbocycles. The second kappa shape index (κ2) is 5.90. The Labute approximate surface area is 117 Å². The van der Waals surface area contributed by atoms with Gasteiger partial charge in [-0.25, -0.2) is 0 Å². The lowest BCUT2D eigenvalue weighted by molar-refractivity contribution is -0.384. The summed E-state index contributed by atoms with van der Waals surface area (Å²) in [4.78, 5) is 22.6. The van der Waals surface area contributed by atoms with E-state index in [2.05, 4.69) is 17.6 Å². The number of hydrogen-bond acceptors (Lipinski definition) is 4. The molecular weight excluding hydrogens is 258 g/mol. The summed E-state index contributed by atoms with van der Waals surface area (Å²) >= 11 is 0. The quantitative estimate of drug-likeness (QED) is 0.618. The SMILES string of the molecule is CCCNc1ccc(C(=O)NC2CC2C)cc1[N+](=O)[O-]. The van der Waals surface area contributed by atoms with Gasteiger partial charge in [-0.1, -0.05) is 13.8 Å². The number of carbonyl (C=O) groups excluding carboxylic acids is 1. The van der Waals surface area contributed by atoms with Crippen molar-refractivity contribution in [3.63, 3.8) is 0 Å². The van der Waals surface area contributed by atoms with Crippen molar-refractivity contribution >= 4 is 17.3 Å². The summed E-state index contributed by atoms with van der Waals surface area (Å²) in [7, 11) is 0. The van der Waals surface area contributed by atoms with Crippen LogP contribution in [0.5, 0.6) is 0 Å². The molecule has 6 nitrogen and oxygen atoms in total. The lowest BCUT2D eigenvalue weighted by Crippen LogP contribution is -2.26. The van der Waals surface area contributed by atoms with E-state index in [1.165, 1.54) is 6.07 Å². The van der Waals surface area contributed by atoms with Crippen LogP contribution in [0.1, 0.15) is 37.0 Å². The van der Waals surface area contributed by atoms with E-state index in [9.17, 15) is 14.9 Å². The molecule has 20 heavy (non-hydrogen) atoms. The third-order valence-corrected chi connectivity index (χ3v) is 3.45. The molecule has 1 aromatic carbocycles. The molecule has 0 bridgehead atoms. The summed E-state index contributed by atoms with van der Waals surface area (Å²) in [5, 5.41) is 16.9. The first-order valence-electron chi connectivity index (χ1n) is 6.86. The molecule has 108 valence electrons. The zero-order chi connectivity index (χ0) is 14.7. The molecule has 1 fully saturated rings. The number of nitro benzene ring substituents is 1. The van der Waals surface area contributed by atoms with Gasteiger partial charge in [-0.2, -0.15) is 0 Å². The Kier molecular flexibility index (Phi) is 4.22. The van der Waals surface area contributed by atoms with Crippen molar-refractivity contribution in [3.8, 4) is 0 Å². The molecule has 0 spiro atoms. The van der Waals surface area contributed by atoms with Gasteiger partial charge in [0.1, 0.15) is 5.69 Å². The largest absolute Gasteiger partial charge is 0.380 e. The van der Waals surface area contributed by atoms with Crippen LogP contribution in [0.4, 0.5) is 11.4 Å². The topological polar surface area (TPSA) is 84.3 Å². The van der Waals surface area contributed by atoms with Crippen molar-refractivity contribution in [2.45, 2.75) is 32.7 Å². The van der Waals surface area contributed by atoms with E-state index in [0.29, 0.717) is 23.7 Å². The maximum Gasteiger partial charge on any atom is 0.293 e. The molecule has 1 saturated carbocycles. The van der Waals surface area contributed by atoms with Crippen LogP contribution in [-0.2, 0) is 0 Å². The molecule has 2 atom stereocenters. The van der Waals surface area contributed by atoms with Gasteiger partial charge in [-0.05, 0) is 30.9 Å². The number of benzene rings is 1. The molecule has 2 N–H and O–H groups in total. The summed E-state index contributed by atoms with van der Waals surface area (Å²) in [6, 6.07) is 4.76. The summed E-state index contributed by atoms with van der Waals surface area (Å²) in [6.45, 7) is 4.70. The number of nitrogens with one attached hydrogen (secondary N) is 2. The van der Waals surface area contributed by atoms with Gasteiger partial charge in [0.05, 0.1) is 4.92 Å². The van der Waals surface area contributed by atoms with Gasteiger partial charge in [0.25, 0.3) is 11.6 Å². The van der Waals surface area contributed by atoms with Crippen LogP contribution in [0.25, 0.3) is 0 Å². The maximum atomic E-state index is 12.0. The molecule has 1 aromatic rings. The highest BCUT2D eigenvalue weighted by atomic mass is 16.6. The van der Waals surface area contributed by atoms with Crippen LogP contribution in [-0.4, -0.2) is 23.4 Å². The minimum Gasteiger partial charge on any atom is -0.380 e. The average molecular weight is 277 g/mol. The van der Waals surface area contributed by atoms with Gasteiger partial charge in [0.2, 0.25) is 0 Å². The van der Waals surface area contributed by atoms with E-state index < -0.39 is 4.92 Å². The Bertz CT molecular complexity index is 530. The van der Waals surface area contributed by atoms with Crippen molar-refractivity contribution in [1.29, 1.82) is 0 Å². The smallest absolute Gasteiger partial charge is 0.293 e. The Morgan fingerprint density at radius 2 is 2.20 bits per heavy atom. The van der Waals surface area contributed by atoms with Crippen LogP contribution >= 0.6 is 0 Å². The van der Waals surface area contributed by atoms with Crippen molar-refractivity contribution in [3.05, 3.63) is 33.9 Å². The number of nitrogens with zero attached hydrogens (tertiary/aromatic N) is 1. The minimum atomic E-state index is -0.464. The highest BCUT2D eigenvalue weighted by Gasteiger charge is 2.34. The predicted octanol–water partition coefficient (Wildman–Crippen LogP) is 2.55. The second-order valence-electron chi connectivity index (χ2n) is 5.21. The molecule has 0 radical (unpaired) electrons. The first-order chi connectivity index (χ1) is 9.52. The monoisotopic (exact) mass is 277 g/mol. The summed E-state index contributed by atoms with van der Waals surface area (Å²) < 4.78 is 0. The molecule has 0 heterocycles. The van der Waals surface area contributed by atoms with Gasteiger partial charge in [0.15, 0.2) is 0 Å². The Hall–Kier alpha value is -2.11. The van der Waals surface area contributed by atoms with Crippen LogP contribution in [0.2, 0.25) is 0 Å². The fourth-order valence-corrected chi connectivity index (χ4v) is 2.01. The average Bonchev–Trinajstić information content (AvgIpc) is 3.11. The van der Waals surface area contributed by atoms with Crippen molar-refractivity contribution < 1.29 is 9.72 Å². The van der Waals surface area contributed by atoms with Gasteiger partial charge < -0.3 is 10.6 Å². The zero-order valence-electron chi connectivity index (χ0n) is 11.7. The molecule has 0 saturated heterocycles. The number of amides is 1. The molecule has 1 amide bonds. The van der Waals surface area contributed by atoms with Crippen LogP contribution in [0.3, 0.4) is 0 Å². The maximum absolute atomic E-state index is 12.0. The number of anilines is 1. The van der Waals surface area contributed by atoms with E-state index in [0.717, 1.165) is 12.8 Å². The second-order valence-corrected chi connectivity index (χ2v) is 5.21. The molecule has 0 aliphatic heterocycles. The highest BCUT2D eigenvalue weighted by Crippen LogP contribution is 2.30. The number of hydrogen-bond donors (Lipinski definition) is 2. The summed E-state index contributed by atoms with van der Waals surface area (Å²) in [6.07, 6.45) is 1.85. The Morgan fingerprint density at radius 1 is 1.50 bits per heavy atom. The fraction of sp³-hybridized carbons (Fsp3) is 0.500. The zero-order valence-corrected chi connectivity index (χ0v) is 11.7. The van der Waals surface area contributed by atoms with Gasteiger partial charge in [-0.15, -0.1) is 0 Å². The highest BCUT2D eigenvalue weighted by molar-refractivity contribution is 5.96. The van der Waals surface area contributed by atoms with Crippen molar-refractivity contribution in [2.24, 2.45) is 5.92 Å². The number of carbonyl (C=O) groups is 1. The molecular formula is C14H19N3O3. The van der Waals surface area contributed by atoms with E-state index in [-0.39, 0.29) is 17.6 Å². The predicted molar refractivity (Wildman–Crippen MR) is 76.9 cm³/mol. The minimum absolute atomic E-state index is 0.0602. The van der Waals surface area contributed by atoms with Gasteiger partial charge >= 0.3 is 0 Å². The van der Waals surface area contributed by atoms with Gasteiger partial charge in [-0.3, -0.25) is 14.9 Å². The van der Waals surface area contributed by atoms with Crippen molar-refractivity contribution in [2.75, 3.05) is 11.9 Å². The van der Waals surface area contributed by atoms with E-state index in [1.807, 2.05) is 6.92 Å². The van der Waals surface area contributed by atoms with Gasteiger partial charge in [0, 0.05) is 24.2 Å². The Balaban J connectivity index is 2.16. The molecule has 1 aliphatic rings. The van der Waals surface area contributed by atoms with E-state index >= 15 is 0 Å². The van der Waals surface area contributed by atoms with Crippen molar-refractivity contribution in [1.82, 2.24) is 5.32 Å². The first-order valence-corrected chi connectivity index (χ1v) is 6.86. The normalized spacial score (nSPS) is 20.3. The lowest BCUT2D eigenvalue weighted by atomic mass is 10.1. The number of rotatable bonds is 6. The Morgan fingerprint density at radius 3 is 2.75 bits per heavy atom. The van der Waals surface area contributed by atoms with Crippen LogP contribution in [0.15, 0.2) is 18.2 Å². The molecule has 2 rings (SSSR count). The molecule has 6 heteroatoms. The van der Waals surface area contributed by atoms with E-state index in [1.54, 1.807) is 12.1 Å². The number of nitro groups is 1. The summed E-state index contributed by atoms with van der Waals surface area (Å²) in [5.41, 5.74) is 0.723. The third kappa shape index (κ3) is 3.26. The van der Waals surface area contributed by atoms with E-state index in [4.69, 9.17) is 0 Å². The molecule has 2 unspecified atom stereocenters. The summed E-state index contributed by atoms with van der Waals surface area (Å²) in [5.74, 6) is 0.254.